The molecule has 0 fully saturated rings. The SMILES string of the molecule is CCOc1c[c]ccc1OCC. The number of hydrogen-bond acceptors (Lipinski definition) is 2. The van der Waals surface area contributed by atoms with Gasteiger partial charge in [-0.3, -0.25) is 0 Å². The molecule has 1 aromatic carbocycles. The topological polar surface area (TPSA) is 18.5 Å². The van der Waals surface area contributed by atoms with Gasteiger partial charge in [0.05, 0.1) is 13.2 Å². The molecule has 2 nitrogen and oxygen atoms in total. The monoisotopic (exact) mass is 165 g/mol. The molecule has 0 heterocycles. The van der Waals surface area contributed by atoms with Gasteiger partial charge in [-0.2, -0.15) is 0 Å². The van der Waals surface area contributed by atoms with Gasteiger partial charge in [0.1, 0.15) is 0 Å². The van der Waals surface area contributed by atoms with E-state index >= 15 is 0 Å². The third-order valence-electron chi connectivity index (χ3n) is 1.39. The summed E-state index contributed by atoms with van der Waals surface area (Å²) < 4.78 is 10.7. The molecule has 0 aliphatic carbocycles. The molecule has 0 saturated carbocycles. The molecular formula is C10H13O2. The first-order chi connectivity index (χ1) is 5.88. The molecule has 1 radical (unpaired) electrons. The first-order valence-electron chi connectivity index (χ1n) is 4.14. The zero-order valence-electron chi connectivity index (χ0n) is 7.46. The fraction of sp³-hybridized carbons (Fsp3) is 0.400. The van der Waals surface area contributed by atoms with Gasteiger partial charge in [0, 0.05) is 0 Å². The Morgan fingerprint density at radius 3 is 2.50 bits per heavy atom. The van der Waals surface area contributed by atoms with Crippen molar-refractivity contribution in [1.29, 1.82) is 0 Å². The van der Waals surface area contributed by atoms with E-state index in [9.17, 15) is 0 Å². The number of ether oxygens (including phenoxy) is 2. The van der Waals surface area contributed by atoms with Gasteiger partial charge < -0.3 is 9.47 Å². The van der Waals surface area contributed by atoms with Crippen LogP contribution in [-0.2, 0) is 0 Å². The zero-order valence-corrected chi connectivity index (χ0v) is 7.46. The van der Waals surface area contributed by atoms with Gasteiger partial charge in [0.25, 0.3) is 0 Å². The van der Waals surface area contributed by atoms with E-state index < -0.39 is 0 Å². The predicted octanol–water partition coefficient (Wildman–Crippen LogP) is 2.28. The Hall–Kier alpha value is -1.18. The van der Waals surface area contributed by atoms with E-state index in [1.165, 1.54) is 0 Å². The highest BCUT2D eigenvalue weighted by Gasteiger charge is 2.00. The maximum absolute atomic E-state index is 5.34. The Morgan fingerprint density at radius 1 is 1.17 bits per heavy atom. The molecule has 1 aromatic rings. The molecule has 12 heavy (non-hydrogen) atoms. The van der Waals surface area contributed by atoms with Crippen molar-refractivity contribution in [3.8, 4) is 11.5 Å². The molecular weight excluding hydrogens is 152 g/mol. The third kappa shape index (κ3) is 2.16. The lowest BCUT2D eigenvalue weighted by Gasteiger charge is -2.09. The summed E-state index contributed by atoms with van der Waals surface area (Å²) in [5, 5.41) is 0. The lowest BCUT2D eigenvalue weighted by atomic mass is 10.3. The number of hydrogen-bond donors (Lipinski definition) is 0. The average Bonchev–Trinajstić information content (AvgIpc) is 2.09. The van der Waals surface area contributed by atoms with Crippen LogP contribution in [0.25, 0.3) is 0 Å². The van der Waals surface area contributed by atoms with Crippen LogP contribution in [0.4, 0.5) is 0 Å². The molecule has 0 bridgehead atoms. The van der Waals surface area contributed by atoms with Crippen molar-refractivity contribution < 1.29 is 9.47 Å². The van der Waals surface area contributed by atoms with Crippen LogP contribution in [0.2, 0.25) is 0 Å². The van der Waals surface area contributed by atoms with Gasteiger partial charge in [-0.1, -0.05) is 6.07 Å². The first-order valence-corrected chi connectivity index (χ1v) is 4.14. The van der Waals surface area contributed by atoms with Crippen molar-refractivity contribution in [1.82, 2.24) is 0 Å². The van der Waals surface area contributed by atoms with Crippen molar-refractivity contribution in [2.24, 2.45) is 0 Å². The maximum atomic E-state index is 5.34. The van der Waals surface area contributed by atoms with E-state index in [1.807, 2.05) is 26.0 Å². The van der Waals surface area contributed by atoms with Crippen LogP contribution < -0.4 is 9.47 Å². The van der Waals surface area contributed by atoms with Crippen molar-refractivity contribution in [2.75, 3.05) is 13.2 Å². The number of benzene rings is 1. The lowest BCUT2D eigenvalue weighted by molar-refractivity contribution is 0.287. The van der Waals surface area contributed by atoms with Crippen LogP contribution >= 0.6 is 0 Å². The van der Waals surface area contributed by atoms with E-state index in [1.54, 1.807) is 6.07 Å². The summed E-state index contributed by atoms with van der Waals surface area (Å²) in [4.78, 5) is 0. The standard InChI is InChI=1S/C10H13O2/c1-3-11-9-7-5-6-8-10(9)12-4-2/h5,7-8H,3-4H2,1-2H3. The van der Waals surface area contributed by atoms with Crippen molar-refractivity contribution in [2.45, 2.75) is 13.8 Å². The summed E-state index contributed by atoms with van der Waals surface area (Å²) in [7, 11) is 0. The van der Waals surface area contributed by atoms with Gasteiger partial charge in [-0.15, -0.1) is 0 Å². The highest BCUT2D eigenvalue weighted by atomic mass is 16.5. The Balaban J connectivity index is 2.77. The Bertz CT molecular complexity index is 208. The minimum Gasteiger partial charge on any atom is -0.490 e. The average molecular weight is 165 g/mol. The summed E-state index contributed by atoms with van der Waals surface area (Å²) in [5.74, 6) is 1.56. The van der Waals surface area contributed by atoms with Crippen molar-refractivity contribution >= 4 is 0 Å². The molecule has 65 valence electrons. The molecule has 0 amide bonds. The fourth-order valence-corrected chi connectivity index (χ4v) is 0.944. The largest absolute Gasteiger partial charge is 0.490 e. The van der Waals surface area contributed by atoms with E-state index in [4.69, 9.17) is 9.47 Å². The predicted molar refractivity (Wildman–Crippen MR) is 47.6 cm³/mol. The van der Waals surface area contributed by atoms with Crippen molar-refractivity contribution in [3.63, 3.8) is 0 Å². The van der Waals surface area contributed by atoms with Gasteiger partial charge in [0.15, 0.2) is 11.5 Å². The first kappa shape index (κ1) is 8.91. The molecule has 0 aromatic heterocycles. The minimum absolute atomic E-state index is 0.651. The van der Waals surface area contributed by atoms with E-state index in [2.05, 4.69) is 6.07 Å². The third-order valence-corrected chi connectivity index (χ3v) is 1.39. The lowest BCUT2D eigenvalue weighted by Crippen LogP contribution is -1.97. The normalized spacial score (nSPS) is 9.50. The quantitative estimate of drug-likeness (QED) is 0.681. The summed E-state index contributed by atoms with van der Waals surface area (Å²) >= 11 is 0. The minimum atomic E-state index is 0.651. The highest BCUT2D eigenvalue weighted by Crippen LogP contribution is 2.25. The molecule has 2 heteroatoms. The summed E-state index contributed by atoms with van der Waals surface area (Å²) in [6.45, 7) is 5.21. The van der Waals surface area contributed by atoms with Crippen LogP contribution in [0.5, 0.6) is 11.5 Å². The molecule has 0 saturated heterocycles. The Labute approximate surface area is 73.1 Å². The molecule has 0 unspecified atom stereocenters. The van der Waals surface area contributed by atoms with Crippen LogP contribution in [0, 0.1) is 6.07 Å². The second kappa shape index (κ2) is 4.65. The van der Waals surface area contributed by atoms with Gasteiger partial charge >= 0.3 is 0 Å². The van der Waals surface area contributed by atoms with Crippen LogP contribution in [0.15, 0.2) is 18.2 Å². The molecule has 0 N–H and O–H groups in total. The van der Waals surface area contributed by atoms with Crippen LogP contribution in [0.3, 0.4) is 0 Å². The molecule has 0 aliphatic rings. The van der Waals surface area contributed by atoms with Gasteiger partial charge in [0.2, 0.25) is 0 Å². The summed E-state index contributed by atoms with van der Waals surface area (Å²) in [6, 6.07) is 8.39. The van der Waals surface area contributed by atoms with Crippen molar-refractivity contribution in [3.05, 3.63) is 24.3 Å². The van der Waals surface area contributed by atoms with E-state index in [-0.39, 0.29) is 0 Å². The maximum Gasteiger partial charge on any atom is 0.161 e. The summed E-state index contributed by atoms with van der Waals surface area (Å²) in [6.07, 6.45) is 0. The highest BCUT2D eigenvalue weighted by molar-refractivity contribution is 5.38. The smallest absolute Gasteiger partial charge is 0.161 e. The zero-order chi connectivity index (χ0) is 8.81. The fourth-order valence-electron chi connectivity index (χ4n) is 0.944. The molecule has 0 spiro atoms. The van der Waals surface area contributed by atoms with Gasteiger partial charge in [-0.25, -0.2) is 0 Å². The van der Waals surface area contributed by atoms with E-state index in [0.717, 1.165) is 11.5 Å². The Kier molecular flexibility index (Phi) is 3.45. The number of rotatable bonds is 4. The molecule has 1 rings (SSSR count). The van der Waals surface area contributed by atoms with Gasteiger partial charge in [-0.05, 0) is 32.0 Å². The second-order valence-corrected chi connectivity index (χ2v) is 2.24. The second-order valence-electron chi connectivity index (χ2n) is 2.24. The van der Waals surface area contributed by atoms with Crippen LogP contribution in [0.1, 0.15) is 13.8 Å². The Morgan fingerprint density at radius 2 is 1.83 bits per heavy atom. The van der Waals surface area contributed by atoms with Crippen LogP contribution in [-0.4, -0.2) is 13.2 Å². The molecule has 0 atom stereocenters. The van der Waals surface area contributed by atoms with E-state index in [0.29, 0.717) is 13.2 Å². The molecule has 0 aliphatic heterocycles. The summed E-state index contributed by atoms with van der Waals surface area (Å²) in [5.41, 5.74) is 0.